The first-order valence-electron chi connectivity index (χ1n) is 11.8. The number of hydrogen-bond donors (Lipinski definition) is 1. The second-order valence-corrected chi connectivity index (χ2v) is 11.9. The molecule has 4 aromatic rings. The van der Waals surface area contributed by atoms with Crippen LogP contribution in [0.1, 0.15) is 30.0 Å². The molecule has 1 N–H and O–H groups in total. The van der Waals surface area contributed by atoms with Crippen LogP contribution in [0.3, 0.4) is 0 Å². The van der Waals surface area contributed by atoms with Crippen LogP contribution in [0.25, 0.3) is 5.65 Å². The SMILES string of the molecule is CS(=O)(=O)c1ccc(Nc2cc(C3CCN(C(=O)OCc4ccccc4)CC3)nc3c(Br)cnn23)cc1. The molecule has 0 atom stereocenters. The number of nitrogens with zero attached hydrogens (tertiary/aromatic N) is 4. The molecule has 1 saturated heterocycles. The molecule has 11 heteroatoms. The first-order valence-corrected chi connectivity index (χ1v) is 14.5. The van der Waals surface area contributed by atoms with Crippen molar-refractivity contribution >= 4 is 49.0 Å². The van der Waals surface area contributed by atoms with Gasteiger partial charge in [-0.1, -0.05) is 30.3 Å². The van der Waals surface area contributed by atoms with Crippen molar-refractivity contribution in [3.8, 4) is 0 Å². The fourth-order valence-electron chi connectivity index (χ4n) is 4.35. The molecular weight excluding hydrogens is 558 g/mol. The Kier molecular flexibility index (Phi) is 7.16. The Hall–Kier alpha value is -3.44. The van der Waals surface area contributed by atoms with Crippen LogP contribution in [0.5, 0.6) is 0 Å². The number of piperidine rings is 1. The van der Waals surface area contributed by atoms with Gasteiger partial charge in [-0.15, -0.1) is 0 Å². The number of anilines is 2. The number of carbonyl (C=O) groups excluding carboxylic acids is 1. The molecule has 0 saturated carbocycles. The smallest absolute Gasteiger partial charge is 0.410 e. The number of rotatable bonds is 6. The maximum Gasteiger partial charge on any atom is 0.410 e. The number of benzene rings is 2. The first-order chi connectivity index (χ1) is 17.8. The van der Waals surface area contributed by atoms with E-state index in [4.69, 9.17) is 9.72 Å². The molecule has 1 fully saturated rings. The summed E-state index contributed by atoms with van der Waals surface area (Å²) in [5.41, 5.74) is 3.27. The standard InChI is InChI=1S/C26H26BrN5O4S/c1-37(34,35)21-9-7-20(8-10-21)29-24-15-23(30-25-22(27)16-28-32(24)25)19-11-13-31(14-12-19)26(33)36-17-18-5-3-2-4-6-18/h2-10,15-16,19,29H,11-14,17H2,1H3. The van der Waals surface area contributed by atoms with Gasteiger partial charge in [0.05, 0.1) is 15.6 Å². The van der Waals surface area contributed by atoms with Gasteiger partial charge in [-0.3, -0.25) is 0 Å². The number of likely N-dealkylation sites (tertiary alicyclic amines) is 1. The van der Waals surface area contributed by atoms with Gasteiger partial charge in [0.15, 0.2) is 15.5 Å². The predicted octanol–water partition coefficient (Wildman–Crippen LogP) is 5.16. The summed E-state index contributed by atoms with van der Waals surface area (Å²) in [4.78, 5) is 19.4. The minimum Gasteiger partial charge on any atom is -0.445 e. The fraction of sp³-hybridized carbons (Fsp3) is 0.269. The minimum absolute atomic E-state index is 0.165. The van der Waals surface area contributed by atoms with Gasteiger partial charge < -0.3 is 15.0 Å². The van der Waals surface area contributed by atoms with E-state index >= 15 is 0 Å². The van der Waals surface area contributed by atoms with E-state index in [2.05, 4.69) is 26.3 Å². The van der Waals surface area contributed by atoms with Crippen LogP contribution in [-0.2, 0) is 21.2 Å². The lowest BCUT2D eigenvalue weighted by molar-refractivity contribution is 0.0868. The van der Waals surface area contributed by atoms with Crippen molar-refractivity contribution in [3.63, 3.8) is 0 Å². The Morgan fingerprint density at radius 2 is 1.81 bits per heavy atom. The zero-order chi connectivity index (χ0) is 26.0. The fourth-order valence-corrected chi connectivity index (χ4v) is 5.33. The maximum absolute atomic E-state index is 12.6. The number of nitrogens with one attached hydrogen (secondary N) is 1. The molecule has 0 spiro atoms. The van der Waals surface area contributed by atoms with E-state index in [0.29, 0.717) is 24.6 Å². The Bertz CT molecular complexity index is 1520. The Labute approximate surface area is 223 Å². The second-order valence-electron chi connectivity index (χ2n) is 9.02. The normalized spacial score (nSPS) is 14.6. The van der Waals surface area contributed by atoms with Crippen LogP contribution in [0.4, 0.5) is 16.3 Å². The molecule has 1 aliphatic heterocycles. The predicted molar refractivity (Wildman–Crippen MR) is 144 cm³/mol. The van der Waals surface area contributed by atoms with E-state index in [-0.39, 0.29) is 23.5 Å². The summed E-state index contributed by atoms with van der Waals surface area (Å²) >= 11 is 3.53. The average Bonchev–Trinajstić information content (AvgIpc) is 3.28. The molecule has 0 radical (unpaired) electrons. The highest BCUT2D eigenvalue weighted by molar-refractivity contribution is 9.10. The van der Waals surface area contributed by atoms with E-state index in [0.717, 1.165) is 34.3 Å². The van der Waals surface area contributed by atoms with Crippen molar-refractivity contribution in [1.29, 1.82) is 0 Å². The number of amides is 1. The lowest BCUT2D eigenvalue weighted by Gasteiger charge is -2.31. The summed E-state index contributed by atoms with van der Waals surface area (Å²) in [6.45, 7) is 1.43. The van der Waals surface area contributed by atoms with Crippen LogP contribution < -0.4 is 5.32 Å². The number of sulfone groups is 1. The second kappa shape index (κ2) is 10.5. The highest BCUT2D eigenvalue weighted by Crippen LogP contribution is 2.32. The monoisotopic (exact) mass is 583 g/mol. The van der Waals surface area contributed by atoms with E-state index < -0.39 is 9.84 Å². The molecule has 0 bridgehead atoms. The minimum atomic E-state index is -3.27. The van der Waals surface area contributed by atoms with E-state index in [1.54, 1.807) is 39.9 Å². The molecule has 37 heavy (non-hydrogen) atoms. The molecule has 0 aliphatic carbocycles. The quantitative estimate of drug-likeness (QED) is 0.334. The van der Waals surface area contributed by atoms with Crippen LogP contribution in [0.15, 0.2) is 76.2 Å². The van der Waals surface area contributed by atoms with Crippen molar-refractivity contribution in [3.05, 3.63) is 82.6 Å². The Balaban J connectivity index is 1.29. The maximum atomic E-state index is 12.6. The van der Waals surface area contributed by atoms with E-state index in [9.17, 15) is 13.2 Å². The Morgan fingerprint density at radius 1 is 1.11 bits per heavy atom. The van der Waals surface area contributed by atoms with Crippen molar-refractivity contribution < 1.29 is 17.9 Å². The van der Waals surface area contributed by atoms with Crippen molar-refractivity contribution in [2.45, 2.75) is 30.3 Å². The van der Waals surface area contributed by atoms with Crippen LogP contribution >= 0.6 is 15.9 Å². The number of carbonyl (C=O) groups is 1. The zero-order valence-corrected chi connectivity index (χ0v) is 22.6. The van der Waals surface area contributed by atoms with Gasteiger partial charge >= 0.3 is 6.09 Å². The van der Waals surface area contributed by atoms with Crippen LogP contribution in [0, 0.1) is 0 Å². The van der Waals surface area contributed by atoms with Gasteiger partial charge in [0.2, 0.25) is 0 Å². The third-order valence-corrected chi connectivity index (χ3v) is 8.07. The zero-order valence-electron chi connectivity index (χ0n) is 20.2. The third-order valence-electron chi connectivity index (χ3n) is 6.38. The highest BCUT2D eigenvalue weighted by atomic mass is 79.9. The number of fused-ring (bicyclic) bond motifs is 1. The average molecular weight is 584 g/mol. The lowest BCUT2D eigenvalue weighted by atomic mass is 9.93. The third kappa shape index (κ3) is 5.78. The summed E-state index contributed by atoms with van der Waals surface area (Å²) in [7, 11) is -3.27. The molecule has 5 rings (SSSR count). The highest BCUT2D eigenvalue weighted by Gasteiger charge is 2.27. The number of halogens is 1. The topological polar surface area (TPSA) is 106 Å². The molecular formula is C26H26BrN5O4S. The van der Waals surface area contributed by atoms with Gasteiger partial charge in [0.1, 0.15) is 12.4 Å². The molecule has 2 aromatic heterocycles. The van der Waals surface area contributed by atoms with Gasteiger partial charge in [0, 0.05) is 42.7 Å². The summed E-state index contributed by atoms with van der Waals surface area (Å²) < 4.78 is 31.5. The number of hydrogen-bond acceptors (Lipinski definition) is 7. The lowest BCUT2D eigenvalue weighted by Crippen LogP contribution is -2.38. The molecule has 192 valence electrons. The summed E-state index contributed by atoms with van der Waals surface area (Å²) in [5.74, 6) is 0.876. The van der Waals surface area contributed by atoms with E-state index in [1.807, 2.05) is 36.4 Å². The molecule has 1 amide bonds. The van der Waals surface area contributed by atoms with Crippen LogP contribution in [0.2, 0.25) is 0 Å². The summed E-state index contributed by atoms with van der Waals surface area (Å²) in [6, 6.07) is 18.2. The van der Waals surface area contributed by atoms with Crippen molar-refractivity contribution in [2.75, 3.05) is 24.7 Å². The summed E-state index contributed by atoms with van der Waals surface area (Å²) in [5, 5.41) is 7.76. The summed E-state index contributed by atoms with van der Waals surface area (Å²) in [6.07, 6.45) is 4.10. The molecule has 1 aliphatic rings. The van der Waals surface area contributed by atoms with Gasteiger partial charge in [-0.05, 0) is 58.6 Å². The van der Waals surface area contributed by atoms with Crippen LogP contribution in [-0.4, -0.2) is 53.4 Å². The van der Waals surface area contributed by atoms with Crippen molar-refractivity contribution in [1.82, 2.24) is 19.5 Å². The molecule has 2 aromatic carbocycles. The molecule has 3 heterocycles. The van der Waals surface area contributed by atoms with E-state index in [1.165, 1.54) is 6.26 Å². The molecule has 0 unspecified atom stereocenters. The Morgan fingerprint density at radius 3 is 2.49 bits per heavy atom. The van der Waals surface area contributed by atoms with Gasteiger partial charge in [0.25, 0.3) is 0 Å². The van der Waals surface area contributed by atoms with Crippen molar-refractivity contribution in [2.24, 2.45) is 0 Å². The van der Waals surface area contributed by atoms with Gasteiger partial charge in [-0.25, -0.2) is 18.2 Å². The molecule has 9 nitrogen and oxygen atoms in total. The van der Waals surface area contributed by atoms with Gasteiger partial charge in [-0.2, -0.15) is 9.61 Å². The number of aromatic nitrogens is 3. The number of ether oxygens (including phenoxy) is 1. The first kappa shape index (κ1) is 25.2. The largest absolute Gasteiger partial charge is 0.445 e.